The summed E-state index contributed by atoms with van der Waals surface area (Å²) in [7, 11) is 0. The second-order valence-electron chi connectivity index (χ2n) is 5.40. The van der Waals surface area contributed by atoms with E-state index in [1.165, 1.54) is 0 Å². The predicted octanol–water partition coefficient (Wildman–Crippen LogP) is 3.67. The Hall–Kier alpha value is -2.17. The molecule has 0 radical (unpaired) electrons. The standard InChI is InChI=1S/C17H14ClN3O/c18-14-8-6-13(7-9-14)17(10-15-19-11-20-21-15)16(22-17)12-4-2-1-3-5-12/h1-9,11,16H,10H2,(H,19,20,21). The molecule has 1 saturated heterocycles. The predicted molar refractivity (Wildman–Crippen MR) is 83.5 cm³/mol. The zero-order valence-electron chi connectivity index (χ0n) is 11.7. The summed E-state index contributed by atoms with van der Waals surface area (Å²) in [5.74, 6) is 0.744. The van der Waals surface area contributed by atoms with E-state index in [1.54, 1.807) is 6.33 Å². The summed E-state index contributed by atoms with van der Waals surface area (Å²) < 4.78 is 6.15. The van der Waals surface area contributed by atoms with E-state index in [4.69, 9.17) is 16.3 Å². The van der Waals surface area contributed by atoms with Gasteiger partial charge in [-0.3, -0.25) is 5.10 Å². The van der Waals surface area contributed by atoms with Crippen LogP contribution in [0.2, 0.25) is 5.02 Å². The third-order valence-electron chi connectivity index (χ3n) is 4.02. The Kier molecular flexibility index (Phi) is 3.21. The van der Waals surface area contributed by atoms with Gasteiger partial charge in [-0.2, -0.15) is 5.10 Å². The van der Waals surface area contributed by atoms with Crippen molar-refractivity contribution < 1.29 is 4.74 Å². The van der Waals surface area contributed by atoms with Gasteiger partial charge in [0, 0.05) is 11.4 Å². The van der Waals surface area contributed by atoms with E-state index < -0.39 is 5.60 Å². The molecule has 22 heavy (non-hydrogen) atoms. The van der Waals surface area contributed by atoms with E-state index in [-0.39, 0.29) is 6.10 Å². The minimum atomic E-state index is -0.422. The van der Waals surface area contributed by atoms with E-state index >= 15 is 0 Å². The highest BCUT2D eigenvalue weighted by Gasteiger charge is 2.58. The van der Waals surface area contributed by atoms with Crippen LogP contribution in [0, 0.1) is 0 Å². The molecule has 0 amide bonds. The molecule has 2 aromatic carbocycles. The number of epoxide rings is 1. The Balaban J connectivity index is 1.72. The van der Waals surface area contributed by atoms with Crippen molar-refractivity contribution >= 4 is 11.6 Å². The van der Waals surface area contributed by atoms with Crippen LogP contribution in [0.4, 0.5) is 0 Å². The third kappa shape index (κ3) is 2.30. The number of hydrogen-bond acceptors (Lipinski definition) is 3. The monoisotopic (exact) mass is 311 g/mol. The van der Waals surface area contributed by atoms with Gasteiger partial charge in [0.05, 0.1) is 0 Å². The van der Waals surface area contributed by atoms with Crippen molar-refractivity contribution in [2.45, 2.75) is 18.1 Å². The number of halogens is 1. The molecule has 1 fully saturated rings. The Labute approximate surface area is 133 Å². The van der Waals surface area contributed by atoms with Crippen LogP contribution in [0.5, 0.6) is 0 Å². The maximum absolute atomic E-state index is 6.15. The molecule has 2 atom stereocenters. The number of hydrogen-bond donors (Lipinski definition) is 1. The molecule has 1 aliphatic heterocycles. The van der Waals surface area contributed by atoms with Crippen LogP contribution in [0.25, 0.3) is 0 Å². The first-order valence-electron chi connectivity index (χ1n) is 7.11. The molecular weight excluding hydrogens is 298 g/mol. The SMILES string of the molecule is Clc1ccc(C2(Cc3nc[nH]n3)OC2c2ccccc2)cc1. The van der Waals surface area contributed by atoms with Gasteiger partial charge in [-0.05, 0) is 23.3 Å². The Morgan fingerprint density at radius 1 is 1.09 bits per heavy atom. The van der Waals surface area contributed by atoms with Crippen molar-refractivity contribution in [3.05, 3.63) is 82.9 Å². The van der Waals surface area contributed by atoms with Crippen LogP contribution in [0.15, 0.2) is 60.9 Å². The van der Waals surface area contributed by atoms with Gasteiger partial charge in [-0.15, -0.1) is 0 Å². The van der Waals surface area contributed by atoms with E-state index in [1.807, 2.05) is 42.5 Å². The maximum Gasteiger partial charge on any atom is 0.153 e. The van der Waals surface area contributed by atoms with E-state index in [0.717, 1.165) is 17.0 Å². The molecule has 110 valence electrons. The number of aromatic nitrogens is 3. The van der Waals surface area contributed by atoms with Gasteiger partial charge in [-0.25, -0.2) is 4.98 Å². The average molecular weight is 312 g/mol. The molecule has 2 unspecified atom stereocenters. The molecular formula is C17H14ClN3O. The van der Waals surface area contributed by atoms with Gasteiger partial charge in [0.25, 0.3) is 0 Å². The highest BCUT2D eigenvalue weighted by Crippen LogP contribution is 2.58. The van der Waals surface area contributed by atoms with Crippen LogP contribution in [-0.4, -0.2) is 15.2 Å². The number of rotatable bonds is 4. The van der Waals surface area contributed by atoms with Gasteiger partial charge in [0.1, 0.15) is 18.0 Å². The van der Waals surface area contributed by atoms with Gasteiger partial charge in [0.2, 0.25) is 0 Å². The lowest BCUT2D eigenvalue weighted by Crippen LogP contribution is -2.15. The zero-order chi connectivity index (χ0) is 15.0. The molecule has 1 aliphatic rings. The second kappa shape index (κ2) is 5.23. The van der Waals surface area contributed by atoms with Crippen molar-refractivity contribution in [3.8, 4) is 0 Å². The highest BCUT2D eigenvalue weighted by molar-refractivity contribution is 6.30. The molecule has 0 saturated carbocycles. The summed E-state index contributed by atoms with van der Waals surface area (Å²) >= 11 is 6.01. The van der Waals surface area contributed by atoms with E-state index in [0.29, 0.717) is 11.4 Å². The fourth-order valence-electron chi connectivity index (χ4n) is 2.88. The third-order valence-corrected chi connectivity index (χ3v) is 4.27. The molecule has 0 bridgehead atoms. The van der Waals surface area contributed by atoms with Crippen molar-refractivity contribution in [3.63, 3.8) is 0 Å². The number of nitrogens with zero attached hydrogens (tertiary/aromatic N) is 2. The Morgan fingerprint density at radius 2 is 1.86 bits per heavy atom. The summed E-state index contributed by atoms with van der Waals surface area (Å²) in [4.78, 5) is 4.24. The molecule has 4 rings (SSSR count). The number of aromatic amines is 1. The first-order chi connectivity index (χ1) is 10.8. The lowest BCUT2D eigenvalue weighted by Gasteiger charge is -2.12. The lowest BCUT2D eigenvalue weighted by molar-refractivity contribution is 0.292. The van der Waals surface area contributed by atoms with Crippen LogP contribution in [-0.2, 0) is 16.8 Å². The van der Waals surface area contributed by atoms with Gasteiger partial charge >= 0.3 is 0 Å². The van der Waals surface area contributed by atoms with Crippen molar-refractivity contribution in [2.24, 2.45) is 0 Å². The van der Waals surface area contributed by atoms with Gasteiger partial charge in [0.15, 0.2) is 5.82 Å². The van der Waals surface area contributed by atoms with Crippen molar-refractivity contribution in [2.75, 3.05) is 0 Å². The van der Waals surface area contributed by atoms with Crippen LogP contribution in [0.1, 0.15) is 23.1 Å². The molecule has 5 heteroatoms. The quantitative estimate of drug-likeness (QED) is 0.748. The second-order valence-corrected chi connectivity index (χ2v) is 5.83. The van der Waals surface area contributed by atoms with Crippen molar-refractivity contribution in [1.29, 1.82) is 0 Å². The number of benzene rings is 2. The minimum Gasteiger partial charge on any atom is -0.355 e. The van der Waals surface area contributed by atoms with Gasteiger partial charge in [-0.1, -0.05) is 54.1 Å². The number of ether oxygens (including phenoxy) is 1. The normalized spacial score (nSPS) is 23.4. The molecule has 0 spiro atoms. The van der Waals surface area contributed by atoms with Gasteiger partial charge < -0.3 is 4.74 Å². The van der Waals surface area contributed by atoms with E-state index in [2.05, 4.69) is 27.3 Å². The number of nitrogens with one attached hydrogen (secondary N) is 1. The van der Waals surface area contributed by atoms with Crippen molar-refractivity contribution in [1.82, 2.24) is 15.2 Å². The summed E-state index contributed by atoms with van der Waals surface area (Å²) in [6.45, 7) is 0. The topological polar surface area (TPSA) is 54.1 Å². The maximum atomic E-state index is 6.15. The zero-order valence-corrected chi connectivity index (χ0v) is 12.5. The van der Waals surface area contributed by atoms with Crippen LogP contribution < -0.4 is 0 Å². The molecule has 3 aromatic rings. The molecule has 0 aliphatic carbocycles. The molecule has 2 heterocycles. The average Bonchev–Trinajstić information content (AvgIpc) is 3.04. The lowest BCUT2D eigenvalue weighted by atomic mass is 9.89. The van der Waals surface area contributed by atoms with E-state index in [9.17, 15) is 0 Å². The summed E-state index contributed by atoms with van der Waals surface area (Å²) in [6.07, 6.45) is 2.22. The first-order valence-corrected chi connectivity index (χ1v) is 7.49. The highest BCUT2D eigenvalue weighted by atomic mass is 35.5. The molecule has 1 aromatic heterocycles. The minimum absolute atomic E-state index is 0.00776. The summed E-state index contributed by atoms with van der Waals surface area (Å²) in [5, 5.41) is 7.64. The van der Waals surface area contributed by atoms with Crippen LogP contribution in [0.3, 0.4) is 0 Å². The largest absolute Gasteiger partial charge is 0.355 e. The molecule has 1 N–H and O–H groups in total. The summed E-state index contributed by atoms with van der Waals surface area (Å²) in [5.41, 5.74) is 1.83. The number of H-pyrrole nitrogens is 1. The van der Waals surface area contributed by atoms with Crippen LogP contribution >= 0.6 is 11.6 Å². The molecule has 4 nitrogen and oxygen atoms in total. The Bertz CT molecular complexity index is 758. The first kappa shape index (κ1) is 13.5. The Morgan fingerprint density at radius 3 is 2.55 bits per heavy atom. The fourth-order valence-corrected chi connectivity index (χ4v) is 3.01. The summed E-state index contributed by atoms with van der Waals surface area (Å²) in [6, 6.07) is 18.0. The smallest absolute Gasteiger partial charge is 0.153 e. The fraction of sp³-hybridized carbons (Fsp3) is 0.176.